The molecule has 8 nitrogen and oxygen atoms in total. The van der Waals surface area contributed by atoms with E-state index in [-0.39, 0.29) is 18.1 Å². The first-order chi connectivity index (χ1) is 14.2. The van der Waals surface area contributed by atoms with E-state index in [4.69, 9.17) is 20.3 Å². The first kappa shape index (κ1) is 19.9. The lowest BCUT2D eigenvalue weighted by Crippen LogP contribution is -2.30. The maximum Gasteiger partial charge on any atom is 0.409 e. The van der Waals surface area contributed by atoms with E-state index in [0.29, 0.717) is 22.4 Å². The van der Waals surface area contributed by atoms with Crippen LogP contribution in [0.2, 0.25) is 0 Å². The number of nitrogens with two attached hydrogens (primary N) is 1. The maximum absolute atomic E-state index is 13.3. The van der Waals surface area contributed by atoms with Crippen molar-refractivity contribution in [2.45, 2.75) is 25.4 Å². The summed E-state index contributed by atoms with van der Waals surface area (Å²) in [4.78, 5) is 27.7. The van der Waals surface area contributed by atoms with Crippen LogP contribution in [0.25, 0.3) is 10.9 Å². The van der Waals surface area contributed by atoms with Crippen LogP contribution in [0.5, 0.6) is 11.5 Å². The molecule has 1 atom stereocenters. The van der Waals surface area contributed by atoms with Gasteiger partial charge in [0.1, 0.15) is 24.2 Å². The van der Waals surface area contributed by atoms with Gasteiger partial charge in [0, 0.05) is 28.1 Å². The lowest BCUT2D eigenvalue weighted by atomic mass is 9.71. The minimum atomic E-state index is -0.979. The molecule has 0 bridgehead atoms. The van der Waals surface area contributed by atoms with Crippen molar-refractivity contribution in [3.63, 3.8) is 0 Å². The standard InChI is InChI=1S/C22H22N2O6/c1-22(2)16-7-12(29-10-11(26)9-25)3-5-14(16)19(27)18-15-6-4-13(30-21(23)28)8-17(15)24-20(18)22/h3-8,11,24-26H,9-10H2,1-2H3,(H2,23,28). The lowest BCUT2D eigenvalue weighted by Gasteiger charge is -2.32. The molecule has 2 aromatic carbocycles. The van der Waals surface area contributed by atoms with Gasteiger partial charge in [0.05, 0.1) is 17.7 Å². The molecular formula is C22H22N2O6. The molecule has 0 fully saturated rings. The third-order valence-corrected chi connectivity index (χ3v) is 5.40. The summed E-state index contributed by atoms with van der Waals surface area (Å²) in [6.45, 7) is 3.55. The smallest absolute Gasteiger partial charge is 0.409 e. The minimum absolute atomic E-state index is 0.0516. The number of carbonyl (C=O) groups excluding carboxylic acids is 2. The van der Waals surface area contributed by atoms with E-state index >= 15 is 0 Å². The molecule has 1 heterocycles. The monoisotopic (exact) mass is 410 g/mol. The average Bonchev–Trinajstić information content (AvgIpc) is 3.10. The highest BCUT2D eigenvalue weighted by molar-refractivity contribution is 6.20. The molecule has 0 saturated carbocycles. The maximum atomic E-state index is 13.3. The van der Waals surface area contributed by atoms with E-state index in [1.54, 1.807) is 36.4 Å². The fourth-order valence-corrected chi connectivity index (χ4v) is 3.90. The molecule has 0 aliphatic heterocycles. The first-order valence-corrected chi connectivity index (χ1v) is 9.46. The van der Waals surface area contributed by atoms with Crippen molar-refractivity contribution < 1.29 is 29.3 Å². The molecule has 1 aromatic heterocycles. The number of hydrogen-bond acceptors (Lipinski definition) is 6. The second-order valence-electron chi connectivity index (χ2n) is 7.81. The summed E-state index contributed by atoms with van der Waals surface area (Å²) in [6, 6.07) is 10.1. The van der Waals surface area contributed by atoms with Crippen LogP contribution in [0.15, 0.2) is 36.4 Å². The number of fused-ring (bicyclic) bond motifs is 4. The van der Waals surface area contributed by atoms with Gasteiger partial charge in [-0.25, -0.2) is 4.79 Å². The molecule has 5 N–H and O–H groups in total. The van der Waals surface area contributed by atoms with Crippen molar-refractivity contribution in [2.75, 3.05) is 13.2 Å². The Kier molecular flexibility index (Phi) is 4.76. The SMILES string of the molecule is CC1(C)c2cc(OCC(O)CO)ccc2C(=O)c2c1[nH]c1cc(OC(N)=O)ccc21. The average molecular weight is 410 g/mol. The Morgan fingerprint density at radius 3 is 2.63 bits per heavy atom. The zero-order valence-corrected chi connectivity index (χ0v) is 16.6. The van der Waals surface area contributed by atoms with Crippen LogP contribution in [0.1, 0.15) is 41.0 Å². The molecule has 0 saturated heterocycles. The number of ether oxygens (including phenoxy) is 2. The number of amides is 1. The Hall–Kier alpha value is -3.36. The number of rotatable bonds is 5. The number of nitrogens with one attached hydrogen (secondary N) is 1. The Morgan fingerprint density at radius 2 is 1.93 bits per heavy atom. The van der Waals surface area contributed by atoms with Crippen LogP contribution in [0.4, 0.5) is 4.79 Å². The second-order valence-corrected chi connectivity index (χ2v) is 7.81. The quantitative estimate of drug-likeness (QED) is 0.509. The van der Waals surface area contributed by atoms with Gasteiger partial charge in [0.25, 0.3) is 0 Å². The van der Waals surface area contributed by atoms with Crippen molar-refractivity contribution in [2.24, 2.45) is 5.73 Å². The van der Waals surface area contributed by atoms with E-state index in [0.717, 1.165) is 16.6 Å². The summed E-state index contributed by atoms with van der Waals surface area (Å²) in [6.07, 6.45) is -1.89. The Labute approximate surface area is 172 Å². The third kappa shape index (κ3) is 3.20. The largest absolute Gasteiger partial charge is 0.491 e. The molecule has 0 spiro atoms. The number of aliphatic hydroxyl groups excluding tert-OH is 2. The number of aromatic nitrogens is 1. The minimum Gasteiger partial charge on any atom is -0.491 e. The molecular weight excluding hydrogens is 388 g/mol. The van der Waals surface area contributed by atoms with Crippen LogP contribution < -0.4 is 15.2 Å². The van der Waals surface area contributed by atoms with Gasteiger partial charge in [-0.2, -0.15) is 0 Å². The summed E-state index contributed by atoms with van der Waals surface area (Å²) < 4.78 is 10.5. The highest BCUT2D eigenvalue weighted by Gasteiger charge is 2.39. The Morgan fingerprint density at radius 1 is 1.20 bits per heavy atom. The molecule has 0 radical (unpaired) electrons. The Balaban J connectivity index is 1.79. The van der Waals surface area contributed by atoms with Crippen molar-refractivity contribution in [3.8, 4) is 11.5 Å². The Bertz CT molecular complexity index is 1160. The van der Waals surface area contributed by atoms with Crippen LogP contribution in [0.3, 0.4) is 0 Å². The van der Waals surface area contributed by atoms with Gasteiger partial charge in [0.15, 0.2) is 5.78 Å². The van der Waals surface area contributed by atoms with Crippen LogP contribution >= 0.6 is 0 Å². The summed E-state index contributed by atoms with van der Waals surface area (Å²) in [7, 11) is 0. The molecule has 1 unspecified atom stereocenters. The van der Waals surface area contributed by atoms with Crippen molar-refractivity contribution in [1.82, 2.24) is 4.98 Å². The zero-order valence-electron chi connectivity index (χ0n) is 16.6. The van der Waals surface area contributed by atoms with Crippen molar-refractivity contribution >= 4 is 22.8 Å². The fraction of sp³-hybridized carbons (Fsp3) is 0.273. The summed E-state index contributed by atoms with van der Waals surface area (Å²) in [5.41, 5.74) is 7.89. The number of aliphatic hydroxyl groups is 2. The molecule has 8 heteroatoms. The van der Waals surface area contributed by atoms with Crippen LogP contribution in [-0.2, 0) is 5.41 Å². The summed E-state index contributed by atoms with van der Waals surface area (Å²) >= 11 is 0. The predicted molar refractivity (Wildman–Crippen MR) is 109 cm³/mol. The van der Waals surface area contributed by atoms with Gasteiger partial charge in [-0.1, -0.05) is 13.8 Å². The lowest BCUT2D eigenvalue weighted by molar-refractivity contribution is 0.0535. The van der Waals surface area contributed by atoms with Crippen LogP contribution in [0, 0.1) is 0 Å². The number of primary amides is 1. The molecule has 1 aliphatic rings. The molecule has 156 valence electrons. The third-order valence-electron chi connectivity index (χ3n) is 5.40. The highest BCUT2D eigenvalue weighted by atomic mass is 16.5. The summed E-state index contributed by atoms with van der Waals surface area (Å²) in [5.74, 6) is 0.671. The normalized spacial score (nSPS) is 15.4. The highest BCUT2D eigenvalue weighted by Crippen LogP contribution is 2.45. The summed E-state index contributed by atoms with van der Waals surface area (Å²) in [5, 5.41) is 19.2. The van der Waals surface area contributed by atoms with Crippen LogP contribution in [-0.4, -0.2) is 46.4 Å². The van der Waals surface area contributed by atoms with Gasteiger partial charge < -0.3 is 30.4 Å². The molecule has 30 heavy (non-hydrogen) atoms. The van der Waals surface area contributed by atoms with E-state index < -0.39 is 24.2 Å². The van der Waals surface area contributed by atoms with E-state index in [1.807, 2.05) is 13.8 Å². The fourth-order valence-electron chi connectivity index (χ4n) is 3.90. The van der Waals surface area contributed by atoms with E-state index in [2.05, 4.69) is 4.98 Å². The number of ketones is 1. The molecule has 4 rings (SSSR count). The molecule has 1 aliphatic carbocycles. The van der Waals surface area contributed by atoms with Gasteiger partial charge in [-0.3, -0.25) is 4.79 Å². The van der Waals surface area contributed by atoms with Gasteiger partial charge in [0.2, 0.25) is 0 Å². The number of carbonyl (C=O) groups is 2. The van der Waals surface area contributed by atoms with E-state index in [9.17, 15) is 14.7 Å². The van der Waals surface area contributed by atoms with Gasteiger partial charge in [-0.15, -0.1) is 0 Å². The number of aromatic amines is 1. The van der Waals surface area contributed by atoms with Gasteiger partial charge in [-0.05, 0) is 35.9 Å². The molecule has 3 aromatic rings. The molecule has 1 amide bonds. The zero-order chi connectivity index (χ0) is 21.6. The number of hydrogen-bond donors (Lipinski definition) is 4. The van der Waals surface area contributed by atoms with E-state index in [1.165, 1.54) is 0 Å². The first-order valence-electron chi connectivity index (χ1n) is 9.46. The van der Waals surface area contributed by atoms with Crippen molar-refractivity contribution in [1.29, 1.82) is 0 Å². The number of H-pyrrole nitrogens is 1. The predicted octanol–water partition coefficient (Wildman–Crippen LogP) is 2.23. The number of benzene rings is 2. The van der Waals surface area contributed by atoms with Gasteiger partial charge >= 0.3 is 6.09 Å². The topological polar surface area (TPSA) is 135 Å². The second kappa shape index (κ2) is 7.16. The van der Waals surface area contributed by atoms with Crippen molar-refractivity contribution in [3.05, 3.63) is 58.8 Å².